The maximum absolute atomic E-state index is 12.6. The van der Waals surface area contributed by atoms with Crippen molar-refractivity contribution in [2.45, 2.75) is 10.8 Å². The number of fused-ring (bicyclic) bond motifs is 1. The van der Waals surface area contributed by atoms with E-state index in [0.29, 0.717) is 5.56 Å². The van der Waals surface area contributed by atoms with Gasteiger partial charge in [0, 0.05) is 27.3 Å². The van der Waals surface area contributed by atoms with Gasteiger partial charge >= 0.3 is 0 Å². The highest BCUT2D eigenvalue weighted by atomic mass is 35.5. The van der Waals surface area contributed by atoms with Crippen LogP contribution in [0.15, 0.2) is 90.0 Å². The van der Waals surface area contributed by atoms with Crippen LogP contribution in [0.5, 0.6) is 5.75 Å². The molecule has 0 aliphatic rings. The van der Waals surface area contributed by atoms with E-state index in [1.165, 1.54) is 0 Å². The van der Waals surface area contributed by atoms with Crippen LogP contribution in [0.1, 0.15) is 21.5 Å². The zero-order valence-electron chi connectivity index (χ0n) is 16.9. The van der Waals surface area contributed by atoms with Gasteiger partial charge in [-0.1, -0.05) is 41.9 Å². The Morgan fingerprint density at radius 2 is 1.77 bits per heavy atom. The summed E-state index contributed by atoms with van der Waals surface area (Å²) in [5.41, 5.74) is 3.62. The second-order valence-electron chi connectivity index (χ2n) is 6.92. The number of ketones is 1. The third-order valence-electron chi connectivity index (χ3n) is 4.79. The lowest BCUT2D eigenvalue weighted by atomic mass is 10.1. The molecular formula is C26H20ClNO2S. The van der Waals surface area contributed by atoms with Crippen molar-refractivity contribution in [1.82, 2.24) is 4.98 Å². The Morgan fingerprint density at radius 3 is 2.52 bits per heavy atom. The van der Waals surface area contributed by atoms with Crippen molar-refractivity contribution in [2.75, 3.05) is 7.11 Å². The first kappa shape index (κ1) is 21.2. The highest BCUT2D eigenvalue weighted by molar-refractivity contribution is 7.98. The highest BCUT2D eigenvalue weighted by Gasteiger charge is 2.08. The maximum Gasteiger partial charge on any atom is 0.185 e. The molecule has 0 fully saturated rings. The monoisotopic (exact) mass is 445 g/mol. The number of aromatic nitrogens is 1. The lowest BCUT2D eigenvalue weighted by Crippen LogP contribution is -1.95. The predicted octanol–water partition coefficient (Wildman–Crippen LogP) is 7.09. The normalized spacial score (nSPS) is 11.2. The number of hydrogen-bond acceptors (Lipinski definition) is 4. The zero-order chi connectivity index (χ0) is 21.6. The molecule has 0 aliphatic heterocycles. The summed E-state index contributed by atoms with van der Waals surface area (Å²) in [6.45, 7) is 0. The fourth-order valence-corrected chi connectivity index (χ4v) is 4.18. The number of pyridine rings is 1. The van der Waals surface area contributed by atoms with Gasteiger partial charge in [0.1, 0.15) is 10.8 Å². The van der Waals surface area contributed by atoms with Crippen molar-refractivity contribution < 1.29 is 9.53 Å². The van der Waals surface area contributed by atoms with Crippen LogP contribution < -0.4 is 4.74 Å². The second kappa shape index (κ2) is 9.82. The van der Waals surface area contributed by atoms with E-state index in [9.17, 15) is 4.79 Å². The minimum absolute atomic E-state index is 0.0653. The maximum atomic E-state index is 12.6. The summed E-state index contributed by atoms with van der Waals surface area (Å²) >= 11 is 7.63. The Labute approximate surface area is 190 Å². The van der Waals surface area contributed by atoms with Crippen molar-refractivity contribution >= 4 is 46.1 Å². The van der Waals surface area contributed by atoms with Crippen molar-refractivity contribution in [1.29, 1.82) is 0 Å². The molecular weight excluding hydrogens is 426 g/mol. The number of methoxy groups -OCH3 is 1. The summed E-state index contributed by atoms with van der Waals surface area (Å²) in [6, 6.07) is 25.0. The molecule has 0 radical (unpaired) electrons. The lowest BCUT2D eigenvalue weighted by Gasteiger charge is -2.08. The molecule has 0 amide bonds. The number of ether oxygens (including phenoxy) is 1. The van der Waals surface area contributed by atoms with Gasteiger partial charge in [-0.15, -0.1) is 11.8 Å². The average Bonchev–Trinajstić information content (AvgIpc) is 2.82. The Morgan fingerprint density at radius 1 is 1.03 bits per heavy atom. The van der Waals surface area contributed by atoms with E-state index in [1.54, 1.807) is 49.2 Å². The summed E-state index contributed by atoms with van der Waals surface area (Å²) in [4.78, 5) is 17.5. The number of rotatable bonds is 7. The van der Waals surface area contributed by atoms with Crippen LogP contribution in [0, 0.1) is 0 Å². The van der Waals surface area contributed by atoms with Crippen molar-refractivity contribution in [3.63, 3.8) is 0 Å². The van der Waals surface area contributed by atoms with E-state index in [2.05, 4.69) is 6.07 Å². The number of halogens is 1. The molecule has 4 rings (SSSR count). The van der Waals surface area contributed by atoms with E-state index in [1.807, 2.05) is 54.6 Å². The van der Waals surface area contributed by atoms with Gasteiger partial charge in [0.15, 0.2) is 5.78 Å². The van der Waals surface area contributed by atoms with Crippen molar-refractivity contribution in [2.24, 2.45) is 0 Å². The number of allylic oxidation sites excluding steroid dienone is 1. The van der Waals surface area contributed by atoms with Crippen LogP contribution in [0.25, 0.3) is 17.0 Å². The van der Waals surface area contributed by atoms with Gasteiger partial charge in [-0.05, 0) is 66.2 Å². The van der Waals surface area contributed by atoms with Crippen molar-refractivity contribution in [3.05, 3.63) is 107 Å². The summed E-state index contributed by atoms with van der Waals surface area (Å²) in [7, 11) is 1.60. The molecule has 3 aromatic carbocycles. The molecule has 31 heavy (non-hydrogen) atoms. The third-order valence-corrected chi connectivity index (χ3v) is 6.12. The van der Waals surface area contributed by atoms with Gasteiger partial charge in [0.05, 0.1) is 12.6 Å². The van der Waals surface area contributed by atoms with Crippen LogP contribution in [-0.2, 0) is 5.75 Å². The number of carbonyl (C=O) groups excluding carboxylic acids is 1. The minimum atomic E-state index is -0.0653. The number of benzene rings is 3. The third kappa shape index (κ3) is 5.35. The van der Waals surface area contributed by atoms with Crippen LogP contribution in [0.2, 0.25) is 5.02 Å². The van der Waals surface area contributed by atoms with Crippen LogP contribution in [-0.4, -0.2) is 17.9 Å². The van der Waals surface area contributed by atoms with E-state index >= 15 is 0 Å². The molecule has 0 spiro atoms. The molecule has 3 nitrogen and oxygen atoms in total. The second-order valence-corrected chi connectivity index (χ2v) is 8.32. The molecule has 5 heteroatoms. The summed E-state index contributed by atoms with van der Waals surface area (Å²) < 4.78 is 5.16. The first-order chi connectivity index (χ1) is 15.1. The molecule has 0 atom stereocenters. The Kier molecular flexibility index (Phi) is 6.70. The minimum Gasteiger partial charge on any atom is -0.497 e. The molecule has 0 bridgehead atoms. The van der Waals surface area contributed by atoms with Crippen LogP contribution in [0.4, 0.5) is 0 Å². The fraction of sp³-hybridized carbons (Fsp3) is 0.0769. The first-order valence-electron chi connectivity index (χ1n) is 9.76. The van der Waals surface area contributed by atoms with Gasteiger partial charge in [0.25, 0.3) is 0 Å². The number of hydrogen-bond donors (Lipinski definition) is 0. The lowest BCUT2D eigenvalue weighted by molar-refractivity contribution is 0.104. The molecule has 0 saturated heterocycles. The Bertz CT molecular complexity index is 1230. The SMILES string of the molecule is COc1ccc(C(=O)C=Cc2cc3ccccc3nc2SCc2ccc(Cl)cc2)cc1. The van der Waals surface area contributed by atoms with E-state index in [4.69, 9.17) is 21.3 Å². The largest absolute Gasteiger partial charge is 0.497 e. The summed E-state index contributed by atoms with van der Waals surface area (Å²) in [5.74, 6) is 1.42. The topological polar surface area (TPSA) is 39.2 Å². The van der Waals surface area contributed by atoms with Gasteiger partial charge in [-0.2, -0.15) is 0 Å². The zero-order valence-corrected chi connectivity index (χ0v) is 18.5. The quantitative estimate of drug-likeness (QED) is 0.173. The number of thioether (sulfide) groups is 1. The van der Waals surface area contributed by atoms with Gasteiger partial charge < -0.3 is 4.74 Å². The molecule has 0 N–H and O–H groups in total. The number of nitrogens with zero attached hydrogens (tertiary/aromatic N) is 1. The predicted molar refractivity (Wildman–Crippen MR) is 129 cm³/mol. The molecule has 0 saturated carbocycles. The standard InChI is InChI=1S/C26H20ClNO2S/c1-30-23-13-8-19(9-14-23)25(29)15-10-21-16-20-4-2-3-5-24(20)28-26(21)31-17-18-6-11-22(27)12-7-18/h2-16H,17H2,1H3. The number of carbonyl (C=O) groups is 1. The Hall–Kier alpha value is -3.08. The Balaban J connectivity index is 1.61. The molecule has 154 valence electrons. The first-order valence-corrected chi connectivity index (χ1v) is 11.1. The summed E-state index contributed by atoms with van der Waals surface area (Å²) in [6.07, 6.45) is 3.44. The van der Waals surface area contributed by atoms with Crippen LogP contribution >= 0.6 is 23.4 Å². The van der Waals surface area contributed by atoms with E-state index < -0.39 is 0 Å². The van der Waals surface area contributed by atoms with E-state index in [-0.39, 0.29) is 5.78 Å². The molecule has 4 aromatic rings. The fourth-order valence-electron chi connectivity index (χ4n) is 3.10. The van der Waals surface area contributed by atoms with Gasteiger partial charge in [-0.3, -0.25) is 4.79 Å². The van der Waals surface area contributed by atoms with Gasteiger partial charge in [0.2, 0.25) is 0 Å². The average molecular weight is 446 g/mol. The van der Waals surface area contributed by atoms with Crippen LogP contribution in [0.3, 0.4) is 0 Å². The highest BCUT2D eigenvalue weighted by Crippen LogP contribution is 2.29. The molecule has 0 unspecified atom stereocenters. The molecule has 0 aliphatic carbocycles. The van der Waals surface area contributed by atoms with Gasteiger partial charge in [-0.25, -0.2) is 4.98 Å². The summed E-state index contributed by atoms with van der Waals surface area (Å²) in [5, 5.41) is 2.64. The number of para-hydroxylation sites is 1. The molecule has 1 aromatic heterocycles. The van der Waals surface area contributed by atoms with Crippen molar-refractivity contribution in [3.8, 4) is 5.75 Å². The smallest absolute Gasteiger partial charge is 0.185 e. The molecule has 1 heterocycles. The van der Waals surface area contributed by atoms with E-state index in [0.717, 1.165) is 43.6 Å².